The summed E-state index contributed by atoms with van der Waals surface area (Å²) in [5.74, 6) is 0.150. The second kappa shape index (κ2) is 12.1. The van der Waals surface area contributed by atoms with Crippen molar-refractivity contribution >= 4 is 5.91 Å². The molecule has 118 valence electrons. The third-order valence-electron chi connectivity index (χ3n) is 3.69. The van der Waals surface area contributed by atoms with Crippen LogP contribution in [0.5, 0.6) is 0 Å². The lowest BCUT2D eigenvalue weighted by atomic mass is 9.95. The fourth-order valence-electron chi connectivity index (χ4n) is 2.54. The molecular formula is C15H32N4O. The number of hydrogen-bond acceptors (Lipinski definition) is 4. The van der Waals surface area contributed by atoms with Gasteiger partial charge < -0.3 is 21.3 Å². The highest BCUT2D eigenvalue weighted by Gasteiger charge is 2.14. The minimum absolute atomic E-state index is 0.150. The molecule has 1 amide bonds. The predicted octanol–water partition coefficient (Wildman–Crippen LogP) is 0.614. The lowest BCUT2D eigenvalue weighted by molar-refractivity contribution is -0.121. The number of likely N-dealkylation sites (N-methyl/N-ethyl adjacent to an activating group) is 1. The summed E-state index contributed by atoms with van der Waals surface area (Å²) >= 11 is 0. The van der Waals surface area contributed by atoms with E-state index in [9.17, 15) is 4.79 Å². The van der Waals surface area contributed by atoms with E-state index < -0.39 is 0 Å². The molecule has 0 aromatic heterocycles. The van der Waals surface area contributed by atoms with Crippen LogP contribution < -0.4 is 21.3 Å². The van der Waals surface area contributed by atoms with Crippen LogP contribution in [0, 0.1) is 0 Å². The van der Waals surface area contributed by atoms with Gasteiger partial charge in [0.15, 0.2) is 0 Å². The quantitative estimate of drug-likeness (QED) is 0.420. The van der Waals surface area contributed by atoms with Crippen molar-refractivity contribution in [3.63, 3.8) is 0 Å². The molecule has 0 aromatic rings. The smallest absolute Gasteiger partial charge is 0.234 e. The van der Waals surface area contributed by atoms with Crippen LogP contribution in [0.4, 0.5) is 0 Å². The Morgan fingerprint density at radius 3 is 2.40 bits per heavy atom. The Kier molecular flexibility index (Phi) is 10.5. The maximum absolute atomic E-state index is 11.7. The lowest BCUT2D eigenvalue weighted by Gasteiger charge is -2.22. The molecular weight excluding hydrogens is 252 g/mol. The molecule has 20 heavy (non-hydrogen) atoms. The fraction of sp³-hybridized carbons (Fsp3) is 0.933. The molecule has 5 heteroatoms. The van der Waals surface area contributed by atoms with Crippen molar-refractivity contribution in [3.05, 3.63) is 0 Å². The van der Waals surface area contributed by atoms with Crippen molar-refractivity contribution < 1.29 is 4.79 Å². The zero-order valence-electron chi connectivity index (χ0n) is 13.0. The van der Waals surface area contributed by atoms with Gasteiger partial charge in [0.1, 0.15) is 0 Å². The molecule has 1 aliphatic rings. The van der Waals surface area contributed by atoms with Crippen LogP contribution >= 0.6 is 0 Å². The van der Waals surface area contributed by atoms with Gasteiger partial charge in [0.25, 0.3) is 0 Å². The molecule has 0 aliphatic heterocycles. The van der Waals surface area contributed by atoms with E-state index in [2.05, 4.69) is 28.2 Å². The summed E-state index contributed by atoms with van der Waals surface area (Å²) in [5.41, 5.74) is 0. The first-order chi connectivity index (χ1) is 9.83. The van der Waals surface area contributed by atoms with Crippen molar-refractivity contribution in [2.45, 2.75) is 51.5 Å². The van der Waals surface area contributed by atoms with E-state index in [-0.39, 0.29) is 5.91 Å². The van der Waals surface area contributed by atoms with E-state index >= 15 is 0 Å². The van der Waals surface area contributed by atoms with E-state index in [0.29, 0.717) is 12.6 Å². The van der Waals surface area contributed by atoms with Gasteiger partial charge in [-0.05, 0) is 38.9 Å². The summed E-state index contributed by atoms with van der Waals surface area (Å²) in [5, 5.41) is 13.0. The fourth-order valence-corrected chi connectivity index (χ4v) is 2.54. The van der Waals surface area contributed by atoms with Gasteiger partial charge in [-0.1, -0.05) is 26.2 Å². The molecule has 4 N–H and O–H groups in total. The molecule has 5 nitrogen and oxygen atoms in total. The van der Waals surface area contributed by atoms with Crippen molar-refractivity contribution in [1.82, 2.24) is 21.3 Å². The molecule has 0 unspecified atom stereocenters. The highest BCUT2D eigenvalue weighted by molar-refractivity contribution is 5.78. The van der Waals surface area contributed by atoms with Crippen LogP contribution in [0.15, 0.2) is 0 Å². The summed E-state index contributed by atoms with van der Waals surface area (Å²) in [4.78, 5) is 11.7. The number of amides is 1. The summed E-state index contributed by atoms with van der Waals surface area (Å²) in [6, 6.07) is 0.422. The van der Waals surface area contributed by atoms with Gasteiger partial charge in [0.2, 0.25) is 5.91 Å². The SMILES string of the molecule is CCNCCNCCCNCC(=O)NC1CCCCC1. The molecule has 1 saturated carbocycles. The molecule has 0 aromatic carbocycles. The molecule has 0 atom stereocenters. The Balaban J connectivity index is 1.84. The predicted molar refractivity (Wildman–Crippen MR) is 83.9 cm³/mol. The first-order valence-corrected chi connectivity index (χ1v) is 8.24. The second-order valence-electron chi connectivity index (χ2n) is 5.54. The molecule has 0 bridgehead atoms. The summed E-state index contributed by atoms with van der Waals surface area (Å²) in [7, 11) is 0. The van der Waals surface area contributed by atoms with Crippen molar-refractivity contribution in [2.24, 2.45) is 0 Å². The lowest BCUT2D eigenvalue weighted by Crippen LogP contribution is -2.41. The first kappa shape index (κ1) is 17.4. The van der Waals surface area contributed by atoms with Crippen LogP contribution in [0.2, 0.25) is 0 Å². The first-order valence-electron chi connectivity index (χ1n) is 8.24. The highest BCUT2D eigenvalue weighted by atomic mass is 16.1. The van der Waals surface area contributed by atoms with Gasteiger partial charge >= 0.3 is 0 Å². The van der Waals surface area contributed by atoms with Gasteiger partial charge in [-0.15, -0.1) is 0 Å². The van der Waals surface area contributed by atoms with E-state index in [4.69, 9.17) is 0 Å². The molecule has 1 aliphatic carbocycles. The van der Waals surface area contributed by atoms with E-state index in [1.165, 1.54) is 19.3 Å². The highest BCUT2D eigenvalue weighted by Crippen LogP contribution is 2.16. The summed E-state index contributed by atoms with van der Waals surface area (Å²) in [6.07, 6.45) is 7.21. The molecule has 0 saturated heterocycles. The topological polar surface area (TPSA) is 65.2 Å². The largest absolute Gasteiger partial charge is 0.352 e. The number of carbonyl (C=O) groups is 1. The molecule has 1 fully saturated rings. The number of nitrogens with one attached hydrogen (secondary N) is 4. The van der Waals surface area contributed by atoms with Crippen LogP contribution in [0.3, 0.4) is 0 Å². The Morgan fingerprint density at radius 1 is 0.950 bits per heavy atom. The van der Waals surface area contributed by atoms with Crippen LogP contribution in [0.25, 0.3) is 0 Å². The zero-order valence-corrected chi connectivity index (χ0v) is 13.0. The van der Waals surface area contributed by atoms with E-state index in [1.807, 2.05) is 0 Å². The standard InChI is InChI=1S/C15H32N4O/c1-2-16-11-12-17-9-6-10-18-13-15(20)19-14-7-4-3-5-8-14/h14,16-18H,2-13H2,1H3,(H,19,20). The van der Waals surface area contributed by atoms with Crippen molar-refractivity contribution in [3.8, 4) is 0 Å². The van der Waals surface area contributed by atoms with Crippen LogP contribution in [0.1, 0.15) is 45.4 Å². The zero-order chi connectivity index (χ0) is 14.5. The minimum Gasteiger partial charge on any atom is -0.352 e. The number of carbonyl (C=O) groups excluding carboxylic acids is 1. The normalized spacial score (nSPS) is 16.2. The maximum atomic E-state index is 11.7. The van der Waals surface area contributed by atoms with E-state index in [0.717, 1.165) is 52.0 Å². The van der Waals surface area contributed by atoms with Gasteiger partial charge in [-0.3, -0.25) is 4.79 Å². The molecule has 0 radical (unpaired) electrons. The minimum atomic E-state index is 0.150. The summed E-state index contributed by atoms with van der Waals surface area (Å²) in [6.45, 7) is 7.52. The number of rotatable bonds is 11. The Bertz CT molecular complexity index is 242. The van der Waals surface area contributed by atoms with Crippen molar-refractivity contribution in [2.75, 3.05) is 39.3 Å². The molecule has 1 rings (SSSR count). The van der Waals surface area contributed by atoms with Gasteiger partial charge in [-0.25, -0.2) is 0 Å². The Hall–Kier alpha value is -0.650. The van der Waals surface area contributed by atoms with Crippen LogP contribution in [-0.2, 0) is 4.79 Å². The van der Waals surface area contributed by atoms with Crippen LogP contribution in [-0.4, -0.2) is 51.2 Å². The van der Waals surface area contributed by atoms with Gasteiger partial charge in [-0.2, -0.15) is 0 Å². The van der Waals surface area contributed by atoms with Gasteiger partial charge in [0.05, 0.1) is 6.54 Å². The van der Waals surface area contributed by atoms with Crippen molar-refractivity contribution in [1.29, 1.82) is 0 Å². The Labute approximate surface area is 123 Å². The third kappa shape index (κ3) is 9.28. The summed E-state index contributed by atoms with van der Waals surface area (Å²) < 4.78 is 0. The Morgan fingerprint density at radius 2 is 1.65 bits per heavy atom. The maximum Gasteiger partial charge on any atom is 0.234 e. The number of hydrogen-bond donors (Lipinski definition) is 4. The van der Waals surface area contributed by atoms with E-state index in [1.54, 1.807) is 0 Å². The van der Waals surface area contributed by atoms with Gasteiger partial charge in [0, 0.05) is 19.1 Å². The molecule has 0 heterocycles. The average Bonchev–Trinajstić information content (AvgIpc) is 2.46. The monoisotopic (exact) mass is 284 g/mol. The second-order valence-corrected chi connectivity index (χ2v) is 5.54. The average molecular weight is 284 g/mol. The molecule has 0 spiro atoms. The third-order valence-corrected chi connectivity index (χ3v) is 3.69.